The molecule has 2 atom stereocenters. The van der Waals surface area contributed by atoms with Crippen LogP contribution in [0.1, 0.15) is 18.9 Å². The zero-order chi connectivity index (χ0) is 13.0. The Morgan fingerprint density at radius 3 is 2.83 bits per heavy atom. The summed E-state index contributed by atoms with van der Waals surface area (Å²) in [5, 5.41) is 9.72. The fourth-order valence-electron chi connectivity index (χ4n) is 2.36. The van der Waals surface area contributed by atoms with E-state index in [0.29, 0.717) is 26.1 Å². The van der Waals surface area contributed by atoms with Crippen molar-refractivity contribution in [1.29, 1.82) is 0 Å². The molecule has 2 rings (SSSR count). The Balaban J connectivity index is 2.03. The average Bonchev–Trinajstić information content (AvgIpc) is 2.72. The Kier molecular flexibility index (Phi) is 4.33. The van der Waals surface area contributed by atoms with Crippen molar-refractivity contribution in [2.75, 3.05) is 13.2 Å². The van der Waals surface area contributed by atoms with Gasteiger partial charge in [0.05, 0.1) is 12.7 Å². The second-order valence-electron chi connectivity index (χ2n) is 4.57. The summed E-state index contributed by atoms with van der Waals surface area (Å²) in [5.74, 6) is -0.231. The van der Waals surface area contributed by atoms with Crippen LogP contribution >= 0.6 is 0 Å². The van der Waals surface area contributed by atoms with Crippen molar-refractivity contribution >= 4 is 5.97 Å². The summed E-state index contributed by atoms with van der Waals surface area (Å²) in [4.78, 5) is 13.8. The molecule has 4 nitrogen and oxygen atoms in total. The number of nitrogens with zero attached hydrogens (tertiary/aromatic N) is 1. The predicted molar refractivity (Wildman–Crippen MR) is 67.9 cm³/mol. The molecule has 2 unspecified atom stereocenters. The van der Waals surface area contributed by atoms with Gasteiger partial charge in [0.1, 0.15) is 6.04 Å². The van der Waals surface area contributed by atoms with Crippen LogP contribution < -0.4 is 0 Å². The number of rotatable bonds is 4. The number of carbonyl (C=O) groups excluding carboxylic acids is 1. The summed E-state index contributed by atoms with van der Waals surface area (Å²) >= 11 is 0. The topological polar surface area (TPSA) is 49.8 Å². The van der Waals surface area contributed by atoms with E-state index in [1.165, 1.54) is 0 Å². The maximum atomic E-state index is 11.8. The number of carbonyl (C=O) groups is 1. The molecule has 4 heteroatoms. The van der Waals surface area contributed by atoms with E-state index in [1.807, 2.05) is 35.2 Å². The zero-order valence-corrected chi connectivity index (χ0v) is 10.6. The summed E-state index contributed by atoms with van der Waals surface area (Å²) in [6.07, 6.45) is 0.0224. The molecule has 1 aromatic carbocycles. The number of benzene rings is 1. The van der Waals surface area contributed by atoms with E-state index >= 15 is 0 Å². The van der Waals surface area contributed by atoms with Crippen LogP contribution in [0.2, 0.25) is 0 Å². The monoisotopic (exact) mass is 249 g/mol. The SMILES string of the molecule is CCOC(=O)C1CC(O)CN1Cc1ccccc1. The Hall–Kier alpha value is -1.39. The maximum absolute atomic E-state index is 11.8. The van der Waals surface area contributed by atoms with Gasteiger partial charge in [-0.3, -0.25) is 9.69 Å². The van der Waals surface area contributed by atoms with Crippen LogP contribution in [0.4, 0.5) is 0 Å². The Morgan fingerprint density at radius 1 is 1.44 bits per heavy atom. The number of aliphatic hydroxyl groups is 1. The highest BCUT2D eigenvalue weighted by molar-refractivity contribution is 5.76. The third-order valence-corrected chi connectivity index (χ3v) is 3.17. The summed E-state index contributed by atoms with van der Waals surface area (Å²) < 4.78 is 5.05. The summed E-state index contributed by atoms with van der Waals surface area (Å²) in [6.45, 7) is 3.37. The Labute approximate surface area is 107 Å². The lowest BCUT2D eigenvalue weighted by atomic mass is 10.2. The van der Waals surface area contributed by atoms with Crippen LogP contribution in [-0.4, -0.2) is 41.3 Å². The second kappa shape index (κ2) is 5.98. The maximum Gasteiger partial charge on any atom is 0.323 e. The molecule has 1 N–H and O–H groups in total. The molecule has 1 fully saturated rings. The number of hydrogen-bond acceptors (Lipinski definition) is 4. The quantitative estimate of drug-likeness (QED) is 0.814. The van der Waals surface area contributed by atoms with Crippen LogP contribution in [0.5, 0.6) is 0 Å². The summed E-state index contributed by atoms with van der Waals surface area (Å²) in [6, 6.07) is 9.63. The molecule has 1 heterocycles. The van der Waals surface area contributed by atoms with E-state index in [0.717, 1.165) is 5.56 Å². The van der Waals surface area contributed by atoms with Gasteiger partial charge in [-0.1, -0.05) is 30.3 Å². The van der Waals surface area contributed by atoms with Gasteiger partial charge in [-0.25, -0.2) is 0 Å². The normalized spacial score (nSPS) is 24.1. The first kappa shape index (κ1) is 13.1. The lowest BCUT2D eigenvalue weighted by Gasteiger charge is -2.22. The van der Waals surface area contributed by atoms with Crippen LogP contribution in [0.25, 0.3) is 0 Å². The summed E-state index contributed by atoms with van der Waals surface area (Å²) in [7, 11) is 0. The van der Waals surface area contributed by atoms with Crippen LogP contribution in [0.3, 0.4) is 0 Å². The van der Waals surface area contributed by atoms with Crippen molar-refractivity contribution in [2.45, 2.75) is 32.0 Å². The predicted octanol–water partition coefficient (Wildman–Crippen LogP) is 1.18. The van der Waals surface area contributed by atoms with Gasteiger partial charge in [0.2, 0.25) is 0 Å². The molecule has 98 valence electrons. The first-order valence-corrected chi connectivity index (χ1v) is 6.33. The van der Waals surface area contributed by atoms with E-state index in [9.17, 15) is 9.90 Å². The fraction of sp³-hybridized carbons (Fsp3) is 0.500. The molecule has 0 aliphatic carbocycles. The van der Waals surface area contributed by atoms with Gasteiger partial charge < -0.3 is 9.84 Å². The van der Waals surface area contributed by atoms with Gasteiger partial charge in [-0.15, -0.1) is 0 Å². The van der Waals surface area contributed by atoms with Crippen molar-refractivity contribution in [3.8, 4) is 0 Å². The smallest absolute Gasteiger partial charge is 0.323 e. The van der Waals surface area contributed by atoms with Crippen LogP contribution in [-0.2, 0) is 16.1 Å². The zero-order valence-electron chi connectivity index (χ0n) is 10.6. The standard InChI is InChI=1S/C14H19NO3/c1-2-18-14(17)13-8-12(16)10-15(13)9-11-6-4-3-5-7-11/h3-7,12-13,16H,2,8-10H2,1H3. The highest BCUT2D eigenvalue weighted by Gasteiger charge is 2.36. The molecule has 0 bridgehead atoms. The lowest BCUT2D eigenvalue weighted by molar-refractivity contribution is -0.148. The van der Waals surface area contributed by atoms with Gasteiger partial charge in [0, 0.05) is 19.5 Å². The van der Waals surface area contributed by atoms with Gasteiger partial charge in [-0.05, 0) is 12.5 Å². The first-order valence-electron chi connectivity index (χ1n) is 6.33. The van der Waals surface area contributed by atoms with E-state index in [2.05, 4.69) is 0 Å². The molecule has 1 saturated heterocycles. The number of esters is 1. The number of likely N-dealkylation sites (tertiary alicyclic amines) is 1. The van der Waals surface area contributed by atoms with E-state index in [-0.39, 0.29) is 12.0 Å². The highest BCUT2D eigenvalue weighted by Crippen LogP contribution is 2.21. The Morgan fingerprint density at radius 2 is 2.17 bits per heavy atom. The number of ether oxygens (including phenoxy) is 1. The third-order valence-electron chi connectivity index (χ3n) is 3.17. The van der Waals surface area contributed by atoms with E-state index in [4.69, 9.17) is 4.74 Å². The van der Waals surface area contributed by atoms with E-state index in [1.54, 1.807) is 6.92 Å². The molecule has 1 aliphatic heterocycles. The van der Waals surface area contributed by atoms with Gasteiger partial charge >= 0.3 is 5.97 Å². The molecule has 0 amide bonds. The molecular weight excluding hydrogens is 230 g/mol. The Bertz CT molecular complexity index is 393. The van der Waals surface area contributed by atoms with Crippen molar-refractivity contribution in [3.63, 3.8) is 0 Å². The van der Waals surface area contributed by atoms with Crippen molar-refractivity contribution < 1.29 is 14.6 Å². The van der Waals surface area contributed by atoms with Crippen LogP contribution in [0, 0.1) is 0 Å². The minimum atomic E-state index is -0.442. The minimum absolute atomic E-state index is 0.231. The van der Waals surface area contributed by atoms with Gasteiger partial charge in [0.15, 0.2) is 0 Å². The number of β-amino-alcohol motifs (C(OH)–C–C–N with tert-alkyl or cyclic N) is 1. The minimum Gasteiger partial charge on any atom is -0.465 e. The summed E-state index contributed by atoms with van der Waals surface area (Å²) in [5.41, 5.74) is 1.14. The molecule has 1 aliphatic rings. The highest BCUT2D eigenvalue weighted by atomic mass is 16.5. The van der Waals surface area contributed by atoms with Crippen molar-refractivity contribution in [3.05, 3.63) is 35.9 Å². The molecule has 1 aromatic rings. The molecule has 18 heavy (non-hydrogen) atoms. The number of hydrogen-bond donors (Lipinski definition) is 1. The van der Waals surface area contributed by atoms with Crippen LogP contribution in [0.15, 0.2) is 30.3 Å². The van der Waals surface area contributed by atoms with E-state index < -0.39 is 6.10 Å². The van der Waals surface area contributed by atoms with Gasteiger partial charge in [0.25, 0.3) is 0 Å². The number of aliphatic hydroxyl groups excluding tert-OH is 1. The van der Waals surface area contributed by atoms with Crippen molar-refractivity contribution in [2.24, 2.45) is 0 Å². The molecule has 0 aromatic heterocycles. The molecule has 0 saturated carbocycles. The molecule has 0 spiro atoms. The third kappa shape index (κ3) is 3.09. The van der Waals surface area contributed by atoms with Crippen molar-refractivity contribution in [1.82, 2.24) is 4.90 Å². The molecular formula is C14H19NO3. The second-order valence-corrected chi connectivity index (χ2v) is 4.57. The first-order chi connectivity index (χ1) is 8.70. The average molecular weight is 249 g/mol. The fourth-order valence-corrected chi connectivity index (χ4v) is 2.36. The lowest BCUT2D eigenvalue weighted by Crippen LogP contribution is -2.36. The largest absolute Gasteiger partial charge is 0.465 e. The molecule has 0 radical (unpaired) electrons. The van der Waals surface area contributed by atoms with Gasteiger partial charge in [-0.2, -0.15) is 0 Å².